The number of hydrogen-bond donors (Lipinski definition) is 1. The zero-order chi connectivity index (χ0) is 18.2. The Hall–Kier alpha value is -2.14. The molecule has 1 N–H and O–H groups in total. The second-order valence-corrected chi connectivity index (χ2v) is 6.84. The van der Waals surface area contributed by atoms with E-state index >= 15 is 0 Å². The molecule has 1 saturated carbocycles. The average molecular weight is 356 g/mol. The van der Waals surface area contributed by atoms with Gasteiger partial charge in [-0.2, -0.15) is 0 Å². The molecule has 0 spiro atoms. The lowest BCUT2D eigenvalue weighted by molar-refractivity contribution is 0.0935. The fraction of sp³-hybridized carbons (Fsp3) is 0.524. The van der Waals surface area contributed by atoms with Gasteiger partial charge in [0.15, 0.2) is 11.5 Å². The van der Waals surface area contributed by atoms with Crippen LogP contribution in [0.1, 0.15) is 67.4 Å². The first-order chi connectivity index (χ1) is 12.8. The zero-order valence-corrected chi connectivity index (χ0v) is 15.5. The van der Waals surface area contributed by atoms with Crippen molar-refractivity contribution in [3.05, 3.63) is 41.6 Å². The van der Waals surface area contributed by atoms with Crippen LogP contribution in [-0.4, -0.2) is 30.8 Å². The van der Waals surface area contributed by atoms with Crippen LogP contribution in [0, 0.1) is 0 Å². The molecular weight excluding hydrogens is 328 g/mol. The SMILES string of the molecule is CCOCCCNC(=O)c1cc(-c2ccc(C3CCCCC3)cc2)on1. The summed E-state index contributed by atoms with van der Waals surface area (Å²) in [6, 6.07) is 10.2. The van der Waals surface area contributed by atoms with Crippen molar-refractivity contribution in [3.8, 4) is 11.3 Å². The minimum absolute atomic E-state index is 0.213. The molecule has 2 aromatic rings. The number of aromatic nitrogens is 1. The molecule has 26 heavy (non-hydrogen) atoms. The highest BCUT2D eigenvalue weighted by Crippen LogP contribution is 2.33. The minimum atomic E-state index is -0.213. The van der Waals surface area contributed by atoms with Crippen LogP contribution in [0.15, 0.2) is 34.9 Å². The number of nitrogens with zero attached hydrogens (tertiary/aromatic N) is 1. The Morgan fingerprint density at radius 2 is 2.00 bits per heavy atom. The quantitative estimate of drug-likeness (QED) is 0.705. The predicted molar refractivity (Wildman–Crippen MR) is 101 cm³/mol. The molecule has 1 aliphatic carbocycles. The van der Waals surface area contributed by atoms with Gasteiger partial charge in [-0.1, -0.05) is 48.7 Å². The number of benzene rings is 1. The third-order valence-electron chi connectivity index (χ3n) is 4.97. The summed E-state index contributed by atoms with van der Waals surface area (Å²) >= 11 is 0. The molecule has 0 radical (unpaired) electrons. The van der Waals surface area contributed by atoms with Crippen LogP contribution in [-0.2, 0) is 4.74 Å². The molecule has 1 amide bonds. The molecule has 0 saturated heterocycles. The molecular formula is C21H28N2O3. The monoisotopic (exact) mass is 356 g/mol. The number of amides is 1. The summed E-state index contributed by atoms with van der Waals surface area (Å²) in [6.45, 7) is 3.86. The Balaban J connectivity index is 1.56. The Bertz CT molecular complexity index is 688. The standard InChI is InChI=1S/C21H28N2O3/c1-2-25-14-6-13-22-21(24)19-15-20(26-23-19)18-11-9-17(10-12-18)16-7-4-3-5-8-16/h9-12,15-16H,2-8,13-14H2,1H3,(H,22,24). The summed E-state index contributed by atoms with van der Waals surface area (Å²) in [6.07, 6.45) is 7.38. The van der Waals surface area contributed by atoms with Crippen molar-refractivity contribution in [2.24, 2.45) is 0 Å². The van der Waals surface area contributed by atoms with Gasteiger partial charge in [0, 0.05) is 31.4 Å². The fourth-order valence-electron chi connectivity index (χ4n) is 3.48. The van der Waals surface area contributed by atoms with Crippen molar-refractivity contribution in [2.75, 3.05) is 19.8 Å². The van der Waals surface area contributed by atoms with Gasteiger partial charge >= 0.3 is 0 Å². The normalized spacial score (nSPS) is 15.1. The molecule has 1 heterocycles. The van der Waals surface area contributed by atoms with Crippen LogP contribution in [0.25, 0.3) is 11.3 Å². The van der Waals surface area contributed by atoms with E-state index in [2.05, 4.69) is 34.7 Å². The van der Waals surface area contributed by atoms with Gasteiger partial charge in [0.2, 0.25) is 0 Å². The van der Waals surface area contributed by atoms with E-state index < -0.39 is 0 Å². The number of carbonyl (C=O) groups is 1. The van der Waals surface area contributed by atoms with Crippen LogP contribution >= 0.6 is 0 Å². The molecule has 1 aromatic heterocycles. The largest absolute Gasteiger partial charge is 0.382 e. The summed E-state index contributed by atoms with van der Waals surface area (Å²) < 4.78 is 10.6. The maximum atomic E-state index is 12.1. The molecule has 0 aliphatic heterocycles. The third kappa shape index (κ3) is 4.94. The first-order valence-corrected chi connectivity index (χ1v) is 9.71. The molecule has 0 unspecified atom stereocenters. The van der Waals surface area contributed by atoms with E-state index in [-0.39, 0.29) is 5.91 Å². The maximum Gasteiger partial charge on any atom is 0.273 e. The van der Waals surface area contributed by atoms with Crippen LogP contribution in [0.4, 0.5) is 0 Å². The van der Waals surface area contributed by atoms with Crippen molar-refractivity contribution in [1.82, 2.24) is 10.5 Å². The van der Waals surface area contributed by atoms with Crippen LogP contribution in [0.2, 0.25) is 0 Å². The van der Waals surface area contributed by atoms with Gasteiger partial charge in [-0.05, 0) is 37.7 Å². The lowest BCUT2D eigenvalue weighted by Crippen LogP contribution is -2.25. The number of ether oxygens (including phenoxy) is 1. The highest BCUT2D eigenvalue weighted by atomic mass is 16.5. The third-order valence-corrected chi connectivity index (χ3v) is 4.97. The molecule has 5 heteroatoms. The summed E-state index contributed by atoms with van der Waals surface area (Å²) in [4.78, 5) is 12.1. The zero-order valence-electron chi connectivity index (χ0n) is 15.5. The average Bonchev–Trinajstić information content (AvgIpc) is 3.19. The van der Waals surface area contributed by atoms with Gasteiger partial charge in [-0.15, -0.1) is 0 Å². The highest BCUT2D eigenvalue weighted by Gasteiger charge is 2.17. The first-order valence-electron chi connectivity index (χ1n) is 9.71. The van der Waals surface area contributed by atoms with Crippen molar-refractivity contribution >= 4 is 5.91 Å². The first kappa shape index (κ1) is 18.6. The Morgan fingerprint density at radius 3 is 2.73 bits per heavy atom. The van der Waals surface area contributed by atoms with E-state index in [4.69, 9.17) is 9.26 Å². The summed E-state index contributed by atoms with van der Waals surface area (Å²) in [7, 11) is 0. The molecule has 1 aromatic carbocycles. The highest BCUT2D eigenvalue weighted by molar-refractivity contribution is 5.93. The van der Waals surface area contributed by atoms with Gasteiger partial charge < -0.3 is 14.6 Å². The predicted octanol–water partition coefficient (Wildman–Crippen LogP) is 4.55. The van der Waals surface area contributed by atoms with Crippen LogP contribution in [0.3, 0.4) is 0 Å². The maximum absolute atomic E-state index is 12.1. The number of carbonyl (C=O) groups excluding carboxylic acids is 1. The molecule has 3 rings (SSSR count). The van der Waals surface area contributed by atoms with E-state index in [9.17, 15) is 4.79 Å². The van der Waals surface area contributed by atoms with E-state index in [1.54, 1.807) is 6.07 Å². The van der Waals surface area contributed by atoms with E-state index in [0.717, 1.165) is 12.0 Å². The molecule has 0 bridgehead atoms. The van der Waals surface area contributed by atoms with Crippen molar-refractivity contribution in [1.29, 1.82) is 0 Å². The second kappa shape index (κ2) is 9.53. The Kier molecular flexibility index (Phi) is 6.83. The van der Waals surface area contributed by atoms with E-state index in [0.29, 0.717) is 37.1 Å². The van der Waals surface area contributed by atoms with Gasteiger partial charge in [0.25, 0.3) is 5.91 Å². The number of nitrogens with one attached hydrogen (secondary N) is 1. The smallest absolute Gasteiger partial charge is 0.273 e. The van der Waals surface area contributed by atoms with Crippen molar-refractivity contribution in [2.45, 2.75) is 51.4 Å². The van der Waals surface area contributed by atoms with E-state index in [1.807, 2.05) is 6.92 Å². The van der Waals surface area contributed by atoms with Crippen LogP contribution < -0.4 is 5.32 Å². The second-order valence-electron chi connectivity index (χ2n) is 6.84. The molecule has 140 valence electrons. The lowest BCUT2D eigenvalue weighted by atomic mass is 9.84. The molecule has 1 fully saturated rings. The number of hydrogen-bond acceptors (Lipinski definition) is 4. The molecule has 0 atom stereocenters. The topological polar surface area (TPSA) is 64.4 Å². The van der Waals surface area contributed by atoms with Gasteiger partial charge in [0.1, 0.15) is 0 Å². The molecule has 1 aliphatic rings. The summed E-state index contributed by atoms with van der Waals surface area (Å²) in [5.41, 5.74) is 2.67. The van der Waals surface area contributed by atoms with Gasteiger partial charge in [-0.3, -0.25) is 4.79 Å². The Labute approximate surface area is 155 Å². The lowest BCUT2D eigenvalue weighted by Gasteiger charge is -2.21. The van der Waals surface area contributed by atoms with Gasteiger partial charge in [0.05, 0.1) is 0 Å². The Morgan fingerprint density at radius 1 is 1.23 bits per heavy atom. The fourth-order valence-corrected chi connectivity index (χ4v) is 3.48. The van der Waals surface area contributed by atoms with E-state index in [1.165, 1.54) is 37.7 Å². The van der Waals surface area contributed by atoms with Gasteiger partial charge in [-0.25, -0.2) is 0 Å². The van der Waals surface area contributed by atoms with Crippen molar-refractivity contribution in [3.63, 3.8) is 0 Å². The molecule has 5 nitrogen and oxygen atoms in total. The van der Waals surface area contributed by atoms with Crippen LogP contribution in [0.5, 0.6) is 0 Å². The minimum Gasteiger partial charge on any atom is -0.382 e. The summed E-state index contributed by atoms with van der Waals surface area (Å²) in [5, 5.41) is 6.73. The number of rotatable bonds is 8. The summed E-state index contributed by atoms with van der Waals surface area (Å²) in [5.74, 6) is 1.10. The van der Waals surface area contributed by atoms with Crippen molar-refractivity contribution < 1.29 is 14.1 Å².